The molecule has 1 heterocycles. The number of rotatable bonds is 4. The van der Waals surface area contributed by atoms with E-state index in [0.29, 0.717) is 23.0 Å². The average molecular weight is 373 g/mol. The minimum absolute atomic E-state index is 0.0260. The highest BCUT2D eigenvalue weighted by atomic mass is 35.5. The molecular weight excluding hydrogens is 352 g/mol. The second kappa shape index (κ2) is 7.00. The third kappa shape index (κ3) is 3.83. The fourth-order valence-electron chi connectivity index (χ4n) is 2.93. The molecule has 5 nitrogen and oxygen atoms in total. The van der Waals surface area contributed by atoms with Crippen molar-refractivity contribution < 1.29 is 14.3 Å². The number of hydrogen-bond acceptors (Lipinski definition) is 3. The fraction of sp³-hybridized carbons (Fsp3) is 0.300. The smallest absolute Gasteiger partial charge is 0.267 e. The SMILES string of the molecule is CC(=O)N1CCc2cc(NC(=O)C(C)(C)Oc3ccc(Cl)cc3)ccc21. The molecule has 2 aromatic rings. The van der Waals surface area contributed by atoms with Crippen LogP contribution in [-0.4, -0.2) is 24.0 Å². The van der Waals surface area contributed by atoms with Crippen LogP contribution in [-0.2, 0) is 16.0 Å². The molecule has 0 unspecified atom stereocenters. The van der Waals surface area contributed by atoms with Gasteiger partial charge in [0.1, 0.15) is 5.75 Å². The first-order valence-corrected chi connectivity index (χ1v) is 8.81. The van der Waals surface area contributed by atoms with Crippen molar-refractivity contribution in [2.45, 2.75) is 32.8 Å². The van der Waals surface area contributed by atoms with Crippen molar-refractivity contribution in [2.24, 2.45) is 0 Å². The molecule has 0 bridgehead atoms. The largest absolute Gasteiger partial charge is 0.478 e. The Hall–Kier alpha value is -2.53. The zero-order valence-electron chi connectivity index (χ0n) is 15.0. The number of amides is 2. The molecular formula is C20H21ClN2O3. The van der Waals surface area contributed by atoms with E-state index >= 15 is 0 Å². The van der Waals surface area contributed by atoms with E-state index in [2.05, 4.69) is 5.32 Å². The Morgan fingerprint density at radius 2 is 1.85 bits per heavy atom. The van der Waals surface area contributed by atoms with Crippen molar-refractivity contribution in [1.82, 2.24) is 0 Å². The average Bonchev–Trinajstić information content (AvgIpc) is 3.00. The van der Waals surface area contributed by atoms with Gasteiger partial charge in [-0.25, -0.2) is 0 Å². The Morgan fingerprint density at radius 3 is 2.50 bits per heavy atom. The van der Waals surface area contributed by atoms with E-state index < -0.39 is 5.60 Å². The van der Waals surface area contributed by atoms with Crippen molar-refractivity contribution in [1.29, 1.82) is 0 Å². The fourth-order valence-corrected chi connectivity index (χ4v) is 3.06. The quantitative estimate of drug-likeness (QED) is 0.880. The number of halogens is 1. The van der Waals surface area contributed by atoms with Crippen LogP contribution in [0.15, 0.2) is 42.5 Å². The van der Waals surface area contributed by atoms with Crippen LogP contribution in [0.5, 0.6) is 5.75 Å². The molecule has 0 aromatic heterocycles. The number of ether oxygens (including phenoxy) is 1. The number of fused-ring (bicyclic) bond motifs is 1. The Bertz CT molecular complexity index is 847. The Morgan fingerprint density at radius 1 is 1.15 bits per heavy atom. The summed E-state index contributed by atoms with van der Waals surface area (Å²) in [5.41, 5.74) is 1.59. The first kappa shape index (κ1) is 18.3. The second-order valence-electron chi connectivity index (χ2n) is 6.78. The van der Waals surface area contributed by atoms with Gasteiger partial charge >= 0.3 is 0 Å². The van der Waals surface area contributed by atoms with E-state index in [1.807, 2.05) is 12.1 Å². The molecule has 136 valence electrons. The lowest BCUT2D eigenvalue weighted by molar-refractivity contribution is -0.128. The third-order valence-corrected chi connectivity index (χ3v) is 4.60. The molecule has 1 aliphatic heterocycles. The van der Waals surface area contributed by atoms with Crippen molar-refractivity contribution in [3.8, 4) is 5.75 Å². The van der Waals surface area contributed by atoms with E-state index in [1.54, 1.807) is 56.0 Å². The van der Waals surface area contributed by atoms with E-state index in [4.69, 9.17) is 16.3 Å². The molecule has 0 saturated heterocycles. The topological polar surface area (TPSA) is 58.6 Å². The predicted octanol–water partition coefficient (Wildman–Crippen LogP) is 4.05. The third-order valence-electron chi connectivity index (χ3n) is 4.35. The number of carbonyl (C=O) groups excluding carboxylic acids is 2. The van der Waals surface area contributed by atoms with Gasteiger partial charge in [0.25, 0.3) is 5.91 Å². The summed E-state index contributed by atoms with van der Waals surface area (Å²) in [5.74, 6) is 0.340. The van der Waals surface area contributed by atoms with Crippen LogP contribution in [0.25, 0.3) is 0 Å². The van der Waals surface area contributed by atoms with E-state index in [0.717, 1.165) is 17.7 Å². The number of nitrogens with zero attached hydrogens (tertiary/aromatic N) is 1. The summed E-state index contributed by atoms with van der Waals surface area (Å²) in [6.45, 7) is 5.65. The molecule has 26 heavy (non-hydrogen) atoms. The van der Waals surface area contributed by atoms with Crippen molar-refractivity contribution in [2.75, 3.05) is 16.8 Å². The molecule has 2 amide bonds. The molecule has 0 fully saturated rings. The first-order chi connectivity index (χ1) is 12.3. The monoisotopic (exact) mass is 372 g/mol. The van der Waals surface area contributed by atoms with Gasteiger partial charge in [-0.3, -0.25) is 9.59 Å². The van der Waals surface area contributed by atoms with Crippen LogP contribution in [0.3, 0.4) is 0 Å². The van der Waals surface area contributed by atoms with Gasteiger partial charge in [0.2, 0.25) is 5.91 Å². The Kier molecular flexibility index (Phi) is 4.92. The summed E-state index contributed by atoms with van der Waals surface area (Å²) in [6.07, 6.45) is 0.781. The number of carbonyl (C=O) groups is 2. The molecule has 0 saturated carbocycles. The highest BCUT2D eigenvalue weighted by molar-refractivity contribution is 6.30. The molecule has 3 rings (SSSR count). The van der Waals surface area contributed by atoms with E-state index in [9.17, 15) is 9.59 Å². The summed E-state index contributed by atoms with van der Waals surface area (Å²) in [7, 11) is 0. The summed E-state index contributed by atoms with van der Waals surface area (Å²) < 4.78 is 5.81. The van der Waals surface area contributed by atoms with Crippen molar-refractivity contribution in [3.05, 3.63) is 53.1 Å². The standard InChI is InChI=1S/C20H21ClN2O3/c1-13(24)23-11-10-14-12-16(6-9-18(14)23)22-19(25)20(2,3)26-17-7-4-15(21)5-8-17/h4-9,12H,10-11H2,1-3H3,(H,22,25). The maximum atomic E-state index is 12.7. The minimum Gasteiger partial charge on any atom is -0.478 e. The van der Waals surface area contributed by atoms with Gasteiger partial charge in [-0.15, -0.1) is 0 Å². The van der Waals surface area contributed by atoms with Gasteiger partial charge in [-0.2, -0.15) is 0 Å². The minimum atomic E-state index is -1.06. The lowest BCUT2D eigenvalue weighted by Crippen LogP contribution is -2.42. The van der Waals surface area contributed by atoms with Gasteiger partial charge in [0.15, 0.2) is 5.60 Å². The van der Waals surface area contributed by atoms with Gasteiger partial charge in [0.05, 0.1) is 0 Å². The van der Waals surface area contributed by atoms with Crippen molar-refractivity contribution in [3.63, 3.8) is 0 Å². The second-order valence-corrected chi connectivity index (χ2v) is 7.22. The summed E-state index contributed by atoms with van der Waals surface area (Å²) in [5, 5.41) is 3.50. The normalized spacial score (nSPS) is 13.3. The highest BCUT2D eigenvalue weighted by Gasteiger charge is 2.30. The molecule has 0 spiro atoms. The molecule has 0 aliphatic carbocycles. The number of benzene rings is 2. The first-order valence-electron chi connectivity index (χ1n) is 8.43. The van der Waals surface area contributed by atoms with Crippen LogP contribution in [0.4, 0.5) is 11.4 Å². The molecule has 1 aliphatic rings. The maximum Gasteiger partial charge on any atom is 0.267 e. The number of nitrogens with one attached hydrogen (secondary N) is 1. The summed E-state index contributed by atoms with van der Waals surface area (Å²) >= 11 is 5.87. The maximum absolute atomic E-state index is 12.7. The zero-order valence-corrected chi connectivity index (χ0v) is 15.8. The van der Waals surface area contributed by atoms with Crippen LogP contribution < -0.4 is 15.0 Å². The van der Waals surface area contributed by atoms with Crippen LogP contribution in [0, 0.1) is 0 Å². The lowest BCUT2D eigenvalue weighted by Gasteiger charge is -2.25. The van der Waals surface area contributed by atoms with Crippen LogP contribution in [0.1, 0.15) is 26.3 Å². The molecule has 2 aromatic carbocycles. The predicted molar refractivity (Wildman–Crippen MR) is 103 cm³/mol. The van der Waals surface area contributed by atoms with Gasteiger partial charge in [0, 0.05) is 29.9 Å². The van der Waals surface area contributed by atoms with Crippen molar-refractivity contribution >= 4 is 34.8 Å². The van der Waals surface area contributed by atoms with E-state index in [1.165, 1.54) is 0 Å². The van der Waals surface area contributed by atoms with Gasteiger partial charge in [-0.1, -0.05) is 11.6 Å². The Labute approximate surface area is 157 Å². The lowest BCUT2D eigenvalue weighted by atomic mass is 10.1. The number of hydrogen-bond donors (Lipinski definition) is 1. The van der Waals surface area contributed by atoms with Crippen LogP contribution >= 0.6 is 11.6 Å². The van der Waals surface area contributed by atoms with Gasteiger partial charge in [-0.05, 0) is 68.3 Å². The number of anilines is 2. The van der Waals surface area contributed by atoms with Gasteiger partial charge < -0.3 is 15.0 Å². The molecule has 0 atom stereocenters. The molecule has 0 radical (unpaired) electrons. The highest BCUT2D eigenvalue weighted by Crippen LogP contribution is 2.31. The Balaban J connectivity index is 1.71. The molecule has 1 N–H and O–H groups in total. The zero-order chi connectivity index (χ0) is 18.9. The summed E-state index contributed by atoms with van der Waals surface area (Å²) in [4.78, 5) is 26.0. The summed E-state index contributed by atoms with van der Waals surface area (Å²) in [6, 6.07) is 12.5. The van der Waals surface area contributed by atoms with E-state index in [-0.39, 0.29) is 11.8 Å². The van der Waals surface area contributed by atoms with Crippen LogP contribution in [0.2, 0.25) is 5.02 Å². The molecule has 6 heteroatoms.